The van der Waals surface area contributed by atoms with Crippen LogP contribution in [-0.4, -0.2) is 37.1 Å². The van der Waals surface area contributed by atoms with Gasteiger partial charge in [-0.15, -0.1) is 0 Å². The average molecular weight is 454 g/mol. The fraction of sp³-hybridized carbons (Fsp3) is 0.192. The molecule has 1 aliphatic heterocycles. The van der Waals surface area contributed by atoms with Gasteiger partial charge in [-0.2, -0.15) is 5.10 Å². The summed E-state index contributed by atoms with van der Waals surface area (Å²) in [6.07, 6.45) is 7.41. The number of aromatic amines is 1. The number of fused-ring (bicyclic) bond motifs is 1. The Kier molecular flexibility index (Phi) is 4.63. The zero-order valence-electron chi connectivity index (χ0n) is 18.9. The van der Waals surface area contributed by atoms with Crippen LogP contribution >= 0.6 is 0 Å². The molecule has 4 aromatic heterocycles. The predicted molar refractivity (Wildman–Crippen MR) is 131 cm³/mol. The van der Waals surface area contributed by atoms with Gasteiger partial charge in [-0.3, -0.25) is 14.3 Å². The molecule has 0 saturated carbocycles. The highest BCUT2D eigenvalue weighted by atomic mass is 16.5. The van der Waals surface area contributed by atoms with Crippen LogP contribution in [0.25, 0.3) is 44.4 Å². The summed E-state index contributed by atoms with van der Waals surface area (Å²) in [4.78, 5) is 29.0. The Hall–Kier alpha value is -4.17. The van der Waals surface area contributed by atoms with Crippen LogP contribution in [0.5, 0.6) is 0 Å². The zero-order valence-corrected chi connectivity index (χ0v) is 18.9. The predicted octanol–water partition coefficient (Wildman–Crippen LogP) is 3.33. The number of H-pyrrole nitrogens is 1. The molecule has 6 rings (SSSR count). The fourth-order valence-corrected chi connectivity index (χ4v) is 4.46. The third-order valence-electron chi connectivity index (χ3n) is 6.48. The number of rotatable bonds is 4. The normalized spacial score (nSPS) is 13.9. The molecule has 5 aromatic rings. The van der Waals surface area contributed by atoms with E-state index in [2.05, 4.69) is 10.1 Å². The van der Waals surface area contributed by atoms with Crippen molar-refractivity contribution >= 4 is 10.9 Å². The second-order valence-electron chi connectivity index (χ2n) is 8.75. The van der Waals surface area contributed by atoms with Crippen molar-refractivity contribution in [1.82, 2.24) is 23.9 Å². The molecule has 1 aromatic carbocycles. The number of aromatic nitrogens is 5. The van der Waals surface area contributed by atoms with E-state index in [0.29, 0.717) is 18.7 Å². The first-order chi connectivity index (χ1) is 16.5. The summed E-state index contributed by atoms with van der Waals surface area (Å²) in [6, 6.07) is 13.8. The Morgan fingerprint density at radius 3 is 2.41 bits per heavy atom. The van der Waals surface area contributed by atoms with E-state index >= 15 is 0 Å². The first kappa shape index (κ1) is 20.4. The quantitative estimate of drug-likeness (QED) is 0.452. The number of hydrogen-bond acceptors (Lipinski definition) is 4. The number of aryl methyl sites for hydroxylation is 2. The highest BCUT2D eigenvalue weighted by molar-refractivity contribution is 6.00. The minimum absolute atomic E-state index is 0.114. The molecule has 34 heavy (non-hydrogen) atoms. The van der Waals surface area contributed by atoms with Gasteiger partial charge < -0.3 is 18.9 Å². The van der Waals surface area contributed by atoms with Gasteiger partial charge in [-0.05, 0) is 17.2 Å². The third-order valence-corrected chi connectivity index (χ3v) is 6.48. The molecule has 0 amide bonds. The molecule has 0 spiro atoms. The maximum absolute atomic E-state index is 13.0. The van der Waals surface area contributed by atoms with Gasteiger partial charge in [-0.25, -0.2) is 0 Å². The van der Waals surface area contributed by atoms with Crippen molar-refractivity contribution in [3.05, 3.63) is 88.0 Å². The molecule has 1 aliphatic rings. The van der Waals surface area contributed by atoms with Crippen LogP contribution in [0.1, 0.15) is 6.04 Å². The Morgan fingerprint density at radius 2 is 1.68 bits per heavy atom. The molecule has 0 bridgehead atoms. The first-order valence-corrected chi connectivity index (χ1v) is 11.1. The molecule has 8 nitrogen and oxygen atoms in total. The van der Waals surface area contributed by atoms with Crippen LogP contribution in [0, 0.1) is 0 Å². The van der Waals surface area contributed by atoms with E-state index in [1.807, 2.05) is 53.5 Å². The average Bonchev–Trinajstić information content (AvgIpc) is 3.45. The number of ether oxygens (including phenoxy) is 1. The van der Waals surface area contributed by atoms with E-state index in [-0.39, 0.29) is 17.2 Å². The van der Waals surface area contributed by atoms with Gasteiger partial charge >= 0.3 is 0 Å². The molecule has 0 unspecified atom stereocenters. The van der Waals surface area contributed by atoms with Crippen LogP contribution in [0.2, 0.25) is 0 Å². The van der Waals surface area contributed by atoms with E-state index < -0.39 is 0 Å². The van der Waals surface area contributed by atoms with E-state index in [1.165, 1.54) is 0 Å². The second-order valence-corrected chi connectivity index (χ2v) is 8.75. The molecule has 5 heterocycles. The molecule has 170 valence electrons. The maximum atomic E-state index is 13.0. The van der Waals surface area contributed by atoms with Gasteiger partial charge in [0.25, 0.3) is 11.1 Å². The van der Waals surface area contributed by atoms with Gasteiger partial charge in [0.1, 0.15) is 5.52 Å². The maximum Gasteiger partial charge on any atom is 0.274 e. The molecular formula is C26H23N5O3. The van der Waals surface area contributed by atoms with Crippen LogP contribution < -0.4 is 11.1 Å². The third kappa shape index (κ3) is 3.22. The molecule has 1 N–H and O–H groups in total. The lowest BCUT2D eigenvalue weighted by Gasteiger charge is -2.25. The van der Waals surface area contributed by atoms with Crippen molar-refractivity contribution in [3.8, 4) is 33.5 Å². The van der Waals surface area contributed by atoms with Crippen molar-refractivity contribution < 1.29 is 4.74 Å². The van der Waals surface area contributed by atoms with E-state index in [1.54, 1.807) is 41.7 Å². The topological polar surface area (TPSA) is 86.8 Å². The Balaban J connectivity index is 1.58. The summed E-state index contributed by atoms with van der Waals surface area (Å²) in [5, 5.41) is 5.24. The van der Waals surface area contributed by atoms with Crippen molar-refractivity contribution in [2.45, 2.75) is 6.04 Å². The van der Waals surface area contributed by atoms with Crippen LogP contribution in [-0.2, 0) is 18.8 Å². The summed E-state index contributed by atoms with van der Waals surface area (Å²) in [7, 11) is 3.47. The van der Waals surface area contributed by atoms with Gasteiger partial charge in [0.15, 0.2) is 0 Å². The Labute approximate surface area is 194 Å². The Bertz CT molecular complexity index is 1650. The van der Waals surface area contributed by atoms with Crippen LogP contribution in [0.15, 0.2) is 76.8 Å². The SMILES string of the molecule is Cn1cc(-c2ccccc2)c(-c2cn(C)c(=O)c3[nH]c(-c4cnn(C5COC5)c4)cc23)cc1=O. The molecule has 8 heteroatoms. The summed E-state index contributed by atoms with van der Waals surface area (Å²) in [5.41, 5.74) is 5.46. The van der Waals surface area contributed by atoms with Gasteiger partial charge in [0, 0.05) is 66.5 Å². The van der Waals surface area contributed by atoms with Crippen molar-refractivity contribution in [3.63, 3.8) is 0 Å². The molecular weight excluding hydrogens is 430 g/mol. The Morgan fingerprint density at radius 1 is 0.912 bits per heavy atom. The summed E-state index contributed by atoms with van der Waals surface area (Å²) in [6.45, 7) is 1.31. The first-order valence-electron chi connectivity index (χ1n) is 11.1. The summed E-state index contributed by atoms with van der Waals surface area (Å²) in [5.74, 6) is 0. The van der Waals surface area contributed by atoms with Gasteiger partial charge in [0.05, 0.1) is 25.5 Å². The number of nitrogens with zero attached hydrogens (tertiary/aromatic N) is 4. The van der Waals surface area contributed by atoms with Gasteiger partial charge in [0.2, 0.25) is 0 Å². The molecule has 0 atom stereocenters. The summed E-state index contributed by atoms with van der Waals surface area (Å²) < 4.78 is 10.3. The van der Waals surface area contributed by atoms with Crippen molar-refractivity contribution in [2.24, 2.45) is 14.1 Å². The van der Waals surface area contributed by atoms with Crippen molar-refractivity contribution in [2.75, 3.05) is 13.2 Å². The van der Waals surface area contributed by atoms with E-state index in [9.17, 15) is 9.59 Å². The fourth-order valence-electron chi connectivity index (χ4n) is 4.46. The minimum Gasteiger partial charge on any atom is -0.377 e. The standard InChI is InChI=1S/C26H23N5O3/c1-29-12-21(16-6-4-3-5-7-16)19(9-24(29)32)22-13-30(2)26(33)25-20(22)8-23(28-25)17-10-27-31(11-17)18-14-34-15-18/h3-13,18,28H,14-15H2,1-2H3. The monoisotopic (exact) mass is 453 g/mol. The highest BCUT2D eigenvalue weighted by Gasteiger charge is 2.22. The van der Waals surface area contributed by atoms with Crippen LogP contribution in [0.3, 0.4) is 0 Å². The number of benzene rings is 1. The van der Waals surface area contributed by atoms with E-state index in [4.69, 9.17) is 4.74 Å². The lowest BCUT2D eigenvalue weighted by Crippen LogP contribution is -2.30. The van der Waals surface area contributed by atoms with Crippen LogP contribution in [0.4, 0.5) is 0 Å². The lowest BCUT2D eigenvalue weighted by molar-refractivity contribution is -0.0286. The lowest BCUT2D eigenvalue weighted by atomic mass is 9.95. The molecule has 0 radical (unpaired) electrons. The largest absolute Gasteiger partial charge is 0.377 e. The van der Waals surface area contributed by atoms with E-state index in [0.717, 1.165) is 38.9 Å². The number of hydrogen-bond donors (Lipinski definition) is 1. The number of pyridine rings is 2. The van der Waals surface area contributed by atoms with Crippen molar-refractivity contribution in [1.29, 1.82) is 0 Å². The zero-order chi connectivity index (χ0) is 23.4. The summed E-state index contributed by atoms with van der Waals surface area (Å²) >= 11 is 0. The second kappa shape index (κ2) is 7.71. The number of nitrogens with one attached hydrogen (secondary N) is 1. The molecule has 1 fully saturated rings. The minimum atomic E-state index is -0.130. The molecule has 0 aliphatic carbocycles. The molecule has 1 saturated heterocycles. The smallest absolute Gasteiger partial charge is 0.274 e. The van der Waals surface area contributed by atoms with Gasteiger partial charge in [-0.1, -0.05) is 30.3 Å². The highest BCUT2D eigenvalue weighted by Crippen LogP contribution is 2.36.